The molecule has 0 fully saturated rings. The van der Waals surface area contributed by atoms with Gasteiger partial charge in [-0.1, -0.05) is 6.92 Å². The summed E-state index contributed by atoms with van der Waals surface area (Å²) in [5.74, 6) is -2.12. The van der Waals surface area contributed by atoms with E-state index < -0.39 is 37.1 Å². The van der Waals surface area contributed by atoms with Crippen molar-refractivity contribution in [3.63, 3.8) is 0 Å². The van der Waals surface area contributed by atoms with Crippen molar-refractivity contribution in [2.24, 2.45) is 11.3 Å². The topological polar surface area (TPSA) is 98.0 Å². The van der Waals surface area contributed by atoms with Crippen molar-refractivity contribution >= 4 is 5.97 Å². The van der Waals surface area contributed by atoms with Gasteiger partial charge in [-0.2, -0.15) is 0 Å². The third kappa shape index (κ3) is 1.94. The van der Waals surface area contributed by atoms with E-state index in [2.05, 4.69) is 0 Å². The van der Waals surface area contributed by atoms with Crippen molar-refractivity contribution < 1.29 is 25.2 Å². The van der Waals surface area contributed by atoms with Crippen LogP contribution in [0.2, 0.25) is 0 Å². The molecular weight excluding hydrogens is 164 g/mol. The molecule has 0 amide bonds. The van der Waals surface area contributed by atoms with E-state index in [0.29, 0.717) is 0 Å². The highest BCUT2D eigenvalue weighted by atomic mass is 16.4. The summed E-state index contributed by atoms with van der Waals surface area (Å²) in [4.78, 5) is 10.5. The average molecular weight is 178 g/mol. The Morgan fingerprint density at radius 2 is 1.58 bits per heavy atom. The van der Waals surface area contributed by atoms with Gasteiger partial charge in [0.25, 0.3) is 0 Å². The number of rotatable bonds is 5. The molecule has 0 aromatic heterocycles. The van der Waals surface area contributed by atoms with Crippen LogP contribution in [0.15, 0.2) is 0 Å². The summed E-state index contributed by atoms with van der Waals surface area (Å²) in [6.45, 7) is -0.306. The summed E-state index contributed by atoms with van der Waals surface area (Å²) in [6.07, 6.45) is 0. The summed E-state index contributed by atoms with van der Waals surface area (Å²) in [5, 5.41) is 35.0. The van der Waals surface area contributed by atoms with Crippen LogP contribution in [0.3, 0.4) is 0 Å². The van der Waals surface area contributed by atoms with Gasteiger partial charge in [-0.15, -0.1) is 0 Å². The lowest BCUT2D eigenvalue weighted by molar-refractivity contribution is -0.151. The molecule has 12 heavy (non-hydrogen) atoms. The second-order valence-corrected chi connectivity index (χ2v) is 2.90. The van der Waals surface area contributed by atoms with Gasteiger partial charge in [0.15, 0.2) is 0 Å². The van der Waals surface area contributed by atoms with Gasteiger partial charge in [0.05, 0.1) is 31.2 Å². The van der Waals surface area contributed by atoms with Gasteiger partial charge in [0.1, 0.15) is 0 Å². The maximum atomic E-state index is 10.5. The molecule has 0 spiro atoms. The van der Waals surface area contributed by atoms with E-state index in [9.17, 15) is 4.79 Å². The van der Waals surface area contributed by atoms with Crippen LogP contribution in [0.25, 0.3) is 0 Å². The van der Waals surface area contributed by atoms with Crippen molar-refractivity contribution in [3.05, 3.63) is 0 Å². The fourth-order valence-electron chi connectivity index (χ4n) is 0.823. The van der Waals surface area contributed by atoms with Crippen molar-refractivity contribution in [2.75, 3.05) is 19.8 Å². The Labute approximate surface area is 70.3 Å². The molecule has 0 aliphatic rings. The first kappa shape index (κ1) is 11.4. The predicted octanol–water partition coefficient (Wildman–Crippen LogP) is -1.33. The lowest BCUT2D eigenvalue weighted by Gasteiger charge is -2.30. The summed E-state index contributed by atoms with van der Waals surface area (Å²) >= 11 is 0. The number of aliphatic carboxylic acids is 1. The first-order valence-corrected chi connectivity index (χ1v) is 3.59. The zero-order valence-electron chi connectivity index (χ0n) is 6.90. The fourth-order valence-corrected chi connectivity index (χ4v) is 0.823. The minimum absolute atomic E-state index is 0.548. The van der Waals surface area contributed by atoms with Crippen molar-refractivity contribution in [1.29, 1.82) is 0 Å². The largest absolute Gasteiger partial charge is 0.481 e. The first-order valence-electron chi connectivity index (χ1n) is 3.59. The third-order valence-corrected chi connectivity index (χ3v) is 2.23. The Kier molecular flexibility index (Phi) is 4.16. The number of hydrogen-bond donors (Lipinski definition) is 4. The normalized spacial score (nSPS) is 14.3. The molecule has 0 aliphatic heterocycles. The Morgan fingerprint density at radius 3 is 1.67 bits per heavy atom. The summed E-state index contributed by atoms with van der Waals surface area (Å²) in [5.41, 5.74) is -1.33. The van der Waals surface area contributed by atoms with Crippen LogP contribution in [0.5, 0.6) is 0 Å². The van der Waals surface area contributed by atoms with E-state index in [1.54, 1.807) is 0 Å². The Hall–Kier alpha value is -0.650. The molecule has 4 N–H and O–H groups in total. The molecule has 0 aromatic rings. The zero-order valence-corrected chi connectivity index (χ0v) is 6.90. The quantitative estimate of drug-likeness (QED) is 0.418. The average Bonchev–Trinajstić information content (AvgIpc) is 2.08. The van der Waals surface area contributed by atoms with Crippen LogP contribution < -0.4 is 0 Å². The molecule has 0 aliphatic carbocycles. The van der Waals surface area contributed by atoms with Crippen LogP contribution >= 0.6 is 0 Å². The molecule has 0 radical (unpaired) electrons. The van der Waals surface area contributed by atoms with Gasteiger partial charge in [-0.25, -0.2) is 0 Å². The molecule has 5 heteroatoms. The standard InChI is InChI=1S/C7H14O5/c1-5(6(11)12)7(2-8,3-9)4-10/h5,8-10H,2-4H2,1H3,(H,11,12). The molecule has 0 aromatic carbocycles. The molecule has 1 atom stereocenters. The van der Waals surface area contributed by atoms with Crippen molar-refractivity contribution in [3.8, 4) is 0 Å². The highest BCUT2D eigenvalue weighted by molar-refractivity contribution is 5.70. The second kappa shape index (κ2) is 4.39. The van der Waals surface area contributed by atoms with Crippen LogP contribution in [0.1, 0.15) is 6.92 Å². The maximum absolute atomic E-state index is 10.5. The molecular formula is C7H14O5. The summed E-state index contributed by atoms with van der Waals surface area (Å²) < 4.78 is 0. The lowest BCUT2D eigenvalue weighted by Crippen LogP contribution is -2.43. The van der Waals surface area contributed by atoms with E-state index in [1.807, 2.05) is 0 Å². The Balaban J connectivity index is 4.58. The zero-order chi connectivity index (χ0) is 9.78. The van der Waals surface area contributed by atoms with Crippen LogP contribution in [-0.2, 0) is 4.79 Å². The predicted molar refractivity (Wildman–Crippen MR) is 40.5 cm³/mol. The second-order valence-electron chi connectivity index (χ2n) is 2.90. The molecule has 1 unspecified atom stereocenters. The van der Waals surface area contributed by atoms with Gasteiger partial charge in [0.2, 0.25) is 0 Å². The number of carbonyl (C=O) groups is 1. The van der Waals surface area contributed by atoms with Gasteiger partial charge in [0, 0.05) is 0 Å². The van der Waals surface area contributed by atoms with E-state index >= 15 is 0 Å². The number of carboxylic acids is 1. The van der Waals surface area contributed by atoms with Crippen molar-refractivity contribution in [1.82, 2.24) is 0 Å². The number of aliphatic hydroxyl groups excluding tert-OH is 3. The van der Waals surface area contributed by atoms with Gasteiger partial charge in [-0.3, -0.25) is 4.79 Å². The number of hydrogen-bond acceptors (Lipinski definition) is 4. The maximum Gasteiger partial charge on any atom is 0.307 e. The van der Waals surface area contributed by atoms with Gasteiger partial charge >= 0.3 is 5.97 Å². The van der Waals surface area contributed by atoms with Crippen LogP contribution in [0.4, 0.5) is 0 Å². The monoisotopic (exact) mass is 178 g/mol. The highest BCUT2D eigenvalue weighted by Gasteiger charge is 2.38. The lowest BCUT2D eigenvalue weighted by atomic mass is 9.78. The van der Waals surface area contributed by atoms with Crippen LogP contribution in [0, 0.1) is 11.3 Å². The van der Waals surface area contributed by atoms with Crippen molar-refractivity contribution in [2.45, 2.75) is 6.92 Å². The molecule has 72 valence electrons. The van der Waals surface area contributed by atoms with E-state index in [0.717, 1.165) is 0 Å². The minimum Gasteiger partial charge on any atom is -0.481 e. The van der Waals surface area contributed by atoms with E-state index in [-0.39, 0.29) is 0 Å². The smallest absolute Gasteiger partial charge is 0.307 e. The molecule has 0 heterocycles. The Morgan fingerprint density at radius 1 is 1.25 bits per heavy atom. The highest BCUT2D eigenvalue weighted by Crippen LogP contribution is 2.26. The molecule has 5 nitrogen and oxygen atoms in total. The van der Waals surface area contributed by atoms with Crippen LogP contribution in [-0.4, -0.2) is 46.2 Å². The molecule has 0 bridgehead atoms. The van der Waals surface area contributed by atoms with E-state index in [4.69, 9.17) is 20.4 Å². The Bertz CT molecular complexity index is 144. The molecule has 0 saturated carbocycles. The fraction of sp³-hybridized carbons (Fsp3) is 0.857. The number of aliphatic hydroxyl groups is 3. The van der Waals surface area contributed by atoms with E-state index in [1.165, 1.54) is 6.92 Å². The molecule has 0 rings (SSSR count). The number of carboxylic acid groups (broad SMARTS) is 1. The molecule has 0 saturated heterocycles. The summed E-state index contributed by atoms with van der Waals surface area (Å²) in [7, 11) is 0. The first-order chi connectivity index (χ1) is 5.54. The van der Waals surface area contributed by atoms with Gasteiger partial charge < -0.3 is 20.4 Å². The van der Waals surface area contributed by atoms with Gasteiger partial charge in [-0.05, 0) is 0 Å². The minimum atomic E-state index is -1.33. The third-order valence-electron chi connectivity index (χ3n) is 2.23. The SMILES string of the molecule is CC(C(=O)O)C(CO)(CO)CO. The summed E-state index contributed by atoms with van der Waals surface area (Å²) in [6, 6.07) is 0.